The third kappa shape index (κ3) is 1.36. The molecule has 0 aromatic carbocycles. The molecule has 0 saturated carbocycles. The molecule has 1 unspecified atom stereocenters. The number of nitriles is 2. The molecule has 8 heteroatoms. The minimum atomic E-state index is -1.64. The molecule has 0 spiro atoms. The highest BCUT2D eigenvalue weighted by Gasteiger charge is 2.54. The maximum absolute atomic E-state index is 9.28. The van der Waals surface area contributed by atoms with Crippen molar-refractivity contribution in [1.82, 2.24) is 0 Å². The second kappa shape index (κ2) is 4.01. The molecule has 1 aliphatic carbocycles. The highest BCUT2D eigenvalue weighted by Crippen LogP contribution is 2.49. The van der Waals surface area contributed by atoms with Crippen molar-refractivity contribution in [3.8, 4) is 12.1 Å². The van der Waals surface area contributed by atoms with E-state index in [0.29, 0.717) is 0 Å². The average molecular weight is 306 g/mol. The van der Waals surface area contributed by atoms with Crippen LogP contribution in [0, 0.1) is 28.1 Å². The summed E-state index contributed by atoms with van der Waals surface area (Å²) in [6.45, 7) is 0. The lowest BCUT2D eigenvalue weighted by Gasteiger charge is -2.26. The monoisotopic (exact) mass is 304 g/mol. The van der Waals surface area contributed by atoms with E-state index in [-0.39, 0.29) is 31.6 Å². The summed E-state index contributed by atoms with van der Waals surface area (Å²) >= 11 is 23.6. The van der Waals surface area contributed by atoms with Gasteiger partial charge in [-0.3, -0.25) is 0 Å². The molecule has 0 saturated heterocycles. The van der Waals surface area contributed by atoms with Crippen molar-refractivity contribution in [2.24, 2.45) is 15.6 Å². The molecule has 2 aliphatic rings. The van der Waals surface area contributed by atoms with E-state index >= 15 is 0 Å². The second-order valence-electron chi connectivity index (χ2n) is 3.13. The lowest BCUT2D eigenvalue weighted by atomic mass is 9.77. The summed E-state index contributed by atoms with van der Waals surface area (Å²) in [6.07, 6.45) is 0. The van der Waals surface area contributed by atoms with Crippen LogP contribution in [0.1, 0.15) is 0 Å². The summed E-state index contributed by atoms with van der Waals surface area (Å²) in [5.41, 5.74) is -1.79. The van der Waals surface area contributed by atoms with Gasteiger partial charge in [-0.05, 0) is 0 Å². The summed E-state index contributed by atoms with van der Waals surface area (Å²) in [6, 6.07) is 3.63. The van der Waals surface area contributed by atoms with Crippen molar-refractivity contribution < 1.29 is 0 Å². The van der Waals surface area contributed by atoms with Gasteiger partial charge in [0.1, 0.15) is 11.8 Å². The number of halogens is 4. The van der Waals surface area contributed by atoms with Crippen LogP contribution in [0.25, 0.3) is 0 Å². The maximum Gasteiger partial charge on any atom is 0.193 e. The zero-order valence-corrected chi connectivity index (χ0v) is 10.8. The molecular formula is C9Cl4N4. The molecule has 0 radical (unpaired) electrons. The number of rotatable bonds is 0. The van der Waals surface area contributed by atoms with Gasteiger partial charge < -0.3 is 0 Å². The van der Waals surface area contributed by atoms with Crippen LogP contribution < -0.4 is 0 Å². The van der Waals surface area contributed by atoms with Crippen LogP contribution in [0.4, 0.5) is 0 Å². The van der Waals surface area contributed by atoms with Gasteiger partial charge in [0.2, 0.25) is 0 Å². The van der Waals surface area contributed by atoms with Crippen LogP contribution in [-0.4, -0.2) is 11.4 Å². The van der Waals surface area contributed by atoms with Crippen LogP contribution in [0.15, 0.2) is 30.3 Å². The molecule has 2 rings (SSSR count). The molecule has 0 amide bonds. The second-order valence-corrected chi connectivity index (χ2v) is 4.64. The quantitative estimate of drug-likeness (QED) is 0.689. The molecule has 1 heterocycles. The van der Waals surface area contributed by atoms with E-state index in [4.69, 9.17) is 51.7 Å². The van der Waals surface area contributed by atoms with Gasteiger partial charge in [0.25, 0.3) is 0 Å². The predicted octanol–water partition coefficient (Wildman–Crippen LogP) is 3.22. The molecule has 0 aromatic heterocycles. The van der Waals surface area contributed by atoms with Gasteiger partial charge in [0, 0.05) is 0 Å². The van der Waals surface area contributed by atoms with Gasteiger partial charge in [-0.2, -0.15) is 15.6 Å². The molecule has 0 bridgehead atoms. The summed E-state index contributed by atoms with van der Waals surface area (Å²) in [5, 5.41) is 25.2. The molecule has 0 aromatic rings. The summed E-state index contributed by atoms with van der Waals surface area (Å²) in [7, 11) is 0. The first-order valence-electron chi connectivity index (χ1n) is 4.10. The van der Waals surface area contributed by atoms with Crippen molar-refractivity contribution in [2.45, 2.75) is 0 Å². The van der Waals surface area contributed by atoms with Crippen LogP contribution in [-0.2, 0) is 0 Å². The fourth-order valence-corrected chi connectivity index (χ4v) is 2.61. The highest BCUT2D eigenvalue weighted by atomic mass is 35.5. The summed E-state index contributed by atoms with van der Waals surface area (Å²) in [5.74, 6) is 0. The Morgan fingerprint density at radius 2 is 1.59 bits per heavy atom. The SMILES string of the molecule is N#CC1=NN=C2C(Cl)=C(Cl)C(Cl)=C(Cl)C12C#N. The molecule has 1 aliphatic heterocycles. The Kier molecular flexibility index (Phi) is 2.93. The Morgan fingerprint density at radius 1 is 0.941 bits per heavy atom. The van der Waals surface area contributed by atoms with Crippen LogP contribution in [0.2, 0.25) is 0 Å². The largest absolute Gasteiger partial charge is 0.196 e. The maximum atomic E-state index is 9.28. The van der Waals surface area contributed by atoms with E-state index in [9.17, 15) is 5.26 Å². The highest BCUT2D eigenvalue weighted by molar-refractivity contribution is 6.61. The smallest absolute Gasteiger partial charge is 0.193 e. The number of nitrogens with zero attached hydrogens (tertiary/aromatic N) is 4. The molecule has 84 valence electrons. The lowest BCUT2D eigenvalue weighted by molar-refractivity contribution is 0.955. The van der Waals surface area contributed by atoms with Crippen molar-refractivity contribution in [3.05, 3.63) is 20.1 Å². The first kappa shape index (κ1) is 12.4. The van der Waals surface area contributed by atoms with Gasteiger partial charge in [-0.25, -0.2) is 0 Å². The van der Waals surface area contributed by atoms with Crippen molar-refractivity contribution in [2.75, 3.05) is 0 Å². The van der Waals surface area contributed by atoms with Crippen LogP contribution >= 0.6 is 46.4 Å². The number of hydrogen-bond donors (Lipinski definition) is 0. The van der Waals surface area contributed by atoms with Crippen LogP contribution in [0.5, 0.6) is 0 Å². The minimum absolute atomic E-state index is 0.0163. The third-order valence-corrected chi connectivity index (χ3v) is 4.24. The Morgan fingerprint density at radius 3 is 2.12 bits per heavy atom. The zero-order chi connectivity index (χ0) is 12.8. The number of fused-ring (bicyclic) bond motifs is 1. The number of allylic oxidation sites excluding steroid dienone is 4. The normalized spacial score (nSPS) is 27.2. The topological polar surface area (TPSA) is 72.3 Å². The van der Waals surface area contributed by atoms with Crippen molar-refractivity contribution in [1.29, 1.82) is 10.5 Å². The molecule has 1 atom stereocenters. The van der Waals surface area contributed by atoms with Gasteiger partial charge in [0.05, 0.1) is 26.2 Å². The standard InChI is InChI=1S/C9Cl4N4/c10-4-5(11)7(13)9(2-15)3(1-14)16-17-8(9)6(4)12. The first-order chi connectivity index (χ1) is 8.00. The van der Waals surface area contributed by atoms with Gasteiger partial charge in [-0.1, -0.05) is 46.4 Å². The van der Waals surface area contributed by atoms with E-state index < -0.39 is 5.41 Å². The summed E-state index contributed by atoms with van der Waals surface area (Å²) in [4.78, 5) is 0. The Hall–Kier alpha value is -1.04. The summed E-state index contributed by atoms with van der Waals surface area (Å²) < 4.78 is 0. The first-order valence-corrected chi connectivity index (χ1v) is 5.61. The molecule has 0 N–H and O–H groups in total. The molecule has 0 fully saturated rings. The van der Waals surface area contributed by atoms with E-state index in [0.717, 1.165) is 0 Å². The van der Waals surface area contributed by atoms with E-state index in [1.165, 1.54) is 0 Å². The van der Waals surface area contributed by atoms with E-state index in [1.807, 2.05) is 6.07 Å². The van der Waals surface area contributed by atoms with Gasteiger partial charge in [0.15, 0.2) is 11.1 Å². The van der Waals surface area contributed by atoms with Gasteiger partial charge >= 0.3 is 0 Å². The Labute approximate surface area is 116 Å². The number of hydrogen-bond acceptors (Lipinski definition) is 4. The third-order valence-electron chi connectivity index (χ3n) is 2.35. The molecule has 4 nitrogen and oxygen atoms in total. The fraction of sp³-hybridized carbons (Fsp3) is 0.111. The van der Waals surface area contributed by atoms with Gasteiger partial charge in [-0.15, -0.1) is 5.10 Å². The lowest BCUT2D eigenvalue weighted by Crippen LogP contribution is -2.38. The van der Waals surface area contributed by atoms with Crippen molar-refractivity contribution >= 4 is 57.8 Å². The Bertz CT molecular complexity index is 628. The Balaban J connectivity index is 2.83. The predicted molar refractivity (Wildman–Crippen MR) is 66.0 cm³/mol. The fourth-order valence-electron chi connectivity index (χ4n) is 1.50. The van der Waals surface area contributed by atoms with E-state index in [2.05, 4.69) is 10.2 Å². The minimum Gasteiger partial charge on any atom is -0.196 e. The van der Waals surface area contributed by atoms with E-state index in [1.54, 1.807) is 6.07 Å². The molecular weight excluding hydrogens is 306 g/mol. The average Bonchev–Trinajstić information content (AvgIpc) is 2.73. The van der Waals surface area contributed by atoms with Crippen LogP contribution in [0.3, 0.4) is 0 Å². The zero-order valence-electron chi connectivity index (χ0n) is 7.80. The molecule has 17 heavy (non-hydrogen) atoms. The van der Waals surface area contributed by atoms with Crippen molar-refractivity contribution in [3.63, 3.8) is 0 Å².